The predicted octanol–water partition coefficient (Wildman–Crippen LogP) is 5.18. The lowest BCUT2D eigenvalue weighted by Crippen LogP contribution is -2.38. The van der Waals surface area contributed by atoms with E-state index in [0.29, 0.717) is 5.92 Å². The van der Waals surface area contributed by atoms with Gasteiger partial charge < -0.3 is 10.1 Å². The third-order valence-electron chi connectivity index (χ3n) is 7.26. The van der Waals surface area contributed by atoms with E-state index >= 15 is 0 Å². The van der Waals surface area contributed by atoms with Gasteiger partial charge in [0, 0.05) is 10.2 Å². The van der Waals surface area contributed by atoms with Gasteiger partial charge in [-0.3, -0.25) is 9.59 Å². The predicted molar refractivity (Wildman–Crippen MR) is 114 cm³/mol. The van der Waals surface area contributed by atoms with Crippen molar-refractivity contribution in [1.82, 2.24) is 0 Å². The van der Waals surface area contributed by atoms with Crippen molar-refractivity contribution in [2.75, 3.05) is 5.32 Å². The highest BCUT2D eigenvalue weighted by Gasteiger charge is 2.71. The first-order chi connectivity index (χ1) is 14.1. The Bertz CT molecular complexity index is 923. The van der Waals surface area contributed by atoms with Crippen LogP contribution in [0.25, 0.3) is 0 Å². The topological polar surface area (TPSA) is 55.4 Å². The number of benzene rings is 2. The van der Waals surface area contributed by atoms with Gasteiger partial charge in [0.1, 0.15) is 6.61 Å². The number of amides is 1. The summed E-state index contributed by atoms with van der Waals surface area (Å²) in [4.78, 5) is 26.4. The molecule has 4 atom stereocenters. The van der Waals surface area contributed by atoms with Crippen molar-refractivity contribution in [1.29, 1.82) is 0 Å². The second-order valence-corrected chi connectivity index (χ2v) is 9.58. The molecule has 0 saturated heterocycles. The number of hydrogen-bond acceptors (Lipinski definition) is 3. The van der Waals surface area contributed by atoms with E-state index in [0.717, 1.165) is 41.4 Å². The largest absolute Gasteiger partial charge is 0.461 e. The summed E-state index contributed by atoms with van der Waals surface area (Å²) in [6, 6.07) is 17.3. The Balaban J connectivity index is 1.35. The highest BCUT2D eigenvalue weighted by Crippen LogP contribution is 2.74. The molecule has 1 spiro atoms. The third-order valence-corrected chi connectivity index (χ3v) is 7.79. The van der Waals surface area contributed by atoms with Crippen molar-refractivity contribution in [3.05, 3.63) is 64.6 Å². The fourth-order valence-corrected chi connectivity index (χ4v) is 6.17. The molecule has 0 heterocycles. The maximum Gasteiger partial charge on any atom is 0.310 e. The van der Waals surface area contributed by atoms with Gasteiger partial charge >= 0.3 is 5.97 Å². The lowest BCUT2D eigenvalue weighted by atomic mass is 9.78. The van der Waals surface area contributed by atoms with Crippen molar-refractivity contribution in [3.8, 4) is 0 Å². The zero-order chi connectivity index (χ0) is 20.0. The lowest BCUT2D eigenvalue weighted by Gasteiger charge is -2.28. The molecule has 0 radical (unpaired) electrons. The molecule has 1 N–H and O–H groups in total. The molecule has 2 aromatic rings. The number of carbonyl (C=O) groups is 2. The number of halogens is 1. The van der Waals surface area contributed by atoms with Crippen LogP contribution in [0.15, 0.2) is 59.1 Å². The molecule has 3 fully saturated rings. The van der Waals surface area contributed by atoms with Gasteiger partial charge in [-0.1, -0.05) is 46.3 Å². The quantitative estimate of drug-likeness (QED) is 0.634. The lowest BCUT2D eigenvalue weighted by molar-refractivity contribution is -0.156. The van der Waals surface area contributed by atoms with Gasteiger partial charge in [-0.25, -0.2) is 0 Å². The maximum absolute atomic E-state index is 13.3. The summed E-state index contributed by atoms with van der Waals surface area (Å²) in [5.41, 5.74) is 1.95. The fourth-order valence-electron chi connectivity index (χ4n) is 5.91. The molecule has 29 heavy (non-hydrogen) atoms. The Kier molecular flexibility index (Phi) is 4.73. The second-order valence-electron chi connectivity index (χ2n) is 8.66. The molecule has 0 aromatic heterocycles. The molecule has 3 aliphatic carbocycles. The summed E-state index contributed by atoms with van der Waals surface area (Å²) in [6.45, 7) is 0.265. The van der Waals surface area contributed by atoms with Gasteiger partial charge in [-0.05, 0) is 72.8 Å². The van der Waals surface area contributed by atoms with E-state index in [1.807, 2.05) is 54.6 Å². The zero-order valence-electron chi connectivity index (χ0n) is 16.1. The van der Waals surface area contributed by atoms with Gasteiger partial charge in [0.2, 0.25) is 5.91 Å². The number of nitrogens with one attached hydrogen (secondary N) is 1. The fraction of sp³-hybridized carbons (Fsp3) is 0.417. The van der Waals surface area contributed by atoms with E-state index in [9.17, 15) is 9.59 Å². The number of hydrogen-bond donors (Lipinski definition) is 1. The van der Waals surface area contributed by atoms with Crippen molar-refractivity contribution in [2.24, 2.45) is 29.1 Å². The first kappa shape index (κ1) is 18.9. The van der Waals surface area contributed by atoms with Crippen molar-refractivity contribution >= 4 is 33.5 Å². The summed E-state index contributed by atoms with van der Waals surface area (Å²) in [5, 5.41) is 3.05. The second kappa shape index (κ2) is 7.28. The molecular formula is C24H24BrNO3. The van der Waals surface area contributed by atoms with Crippen LogP contribution < -0.4 is 5.32 Å². The first-order valence-electron chi connectivity index (χ1n) is 10.4. The van der Waals surface area contributed by atoms with E-state index in [4.69, 9.17) is 4.74 Å². The van der Waals surface area contributed by atoms with Crippen LogP contribution in [0.5, 0.6) is 0 Å². The van der Waals surface area contributed by atoms with E-state index < -0.39 is 0 Å². The Morgan fingerprint density at radius 3 is 2.28 bits per heavy atom. The monoisotopic (exact) mass is 453 g/mol. The van der Waals surface area contributed by atoms with Crippen LogP contribution in [-0.2, 0) is 20.9 Å². The Morgan fingerprint density at radius 2 is 1.62 bits per heavy atom. The molecule has 4 unspecified atom stereocenters. The van der Waals surface area contributed by atoms with Gasteiger partial charge in [0.05, 0.1) is 11.8 Å². The minimum Gasteiger partial charge on any atom is -0.461 e. The molecule has 5 heteroatoms. The van der Waals surface area contributed by atoms with Gasteiger partial charge in [0.25, 0.3) is 0 Å². The van der Waals surface area contributed by atoms with Crippen LogP contribution >= 0.6 is 15.9 Å². The number of ether oxygens (including phenoxy) is 1. The molecule has 2 aromatic carbocycles. The first-order valence-corrected chi connectivity index (χ1v) is 11.1. The molecule has 3 aliphatic rings. The maximum atomic E-state index is 13.3. The number of anilines is 1. The standard InChI is InChI=1S/C24H24BrNO3/c25-16-6-8-17(9-7-16)26-22(27)20-18-10-11-19(24(18)12-13-24)21(20)23(28)29-14-15-4-2-1-3-5-15/h1-9,18-21H,10-14H2,(H,26,27). The normalized spacial score (nSPS) is 28.3. The number of esters is 1. The summed E-state index contributed by atoms with van der Waals surface area (Å²) >= 11 is 3.42. The van der Waals surface area contributed by atoms with Crippen LogP contribution in [-0.4, -0.2) is 11.9 Å². The third kappa shape index (κ3) is 3.29. The molecule has 150 valence electrons. The van der Waals surface area contributed by atoms with E-state index in [-0.39, 0.29) is 41.7 Å². The van der Waals surface area contributed by atoms with Gasteiger partial charge in [0.15, 0.2) is 0 Å². The van der Waals surface area contributed by atoms with Crippen molar-refractivity contribution in [2.45, 2.75) is 32.3 Å². The summed E-state index contributed by atoms with van der Waals surface area (Å²) in [7, 11) is 0. The summed E-state index contributed by atoms with van der Waals surface area (Å²) in [5.74, 6) is -0.261. The van der Waals surface area contributed by atoms with Crippen LogP contribution in [0.3, 0.4) is 0 Å². The SMILES string of the molecule is O=C(Nc1ccc(Br)cc1)C1C(C(=O)OCc2ccccc2)C2CCC1C21CC1. The molecule has 1 amide bonds. The average molecular weight is 454 g/mol. The molecular weight excluding hydrogens is 430 g/mol. The zero-order valence-corrected chi connectivity index (χ0v) is 17.7. The van der Waals surface area contributed by atoms with Crippen LogP contribution in [0, 0.1) is 29.1 Å². The molecule has 0 aliphatic heterocycles. The highest BCUT2D eigenvalue weighted by molar-refractivity contribution is 9.10. The van der Waals surface area contributed by atoms with Crippen molar-refractivity contribution in [3.63, 3.8) is 0 Å². The van der Waals surface area contributed by atoms with Crippen LogP contribution in [0.4, 0.5) is 5.69 Å². The molecule has 2 bridgehead atoms. The number of carbonyl (C=O) groups excluding carboxylic acids is 2. The Morgan fingerprint density at radius 1 is 0.966 bits per heavy atom. The smallest absolute Gasteiger partial charge is 0.310 e. The Labute approximate surface area is 179 Å². The van der Waals surface area contributed by atoms with Gasteiger partial charge in [-0.15, -0.1) is 0 Å². The van der Waals surface area contributed by atoms with Gasteiger partial charge in [-0.2, -0.15) is 0 Å². The summed E-state index contributed by atoms with van der Waals surface area (Å²) < 4.78 is 6.67. The average Bonchev–Trinajstić information content (AvgIpc) is 3.41. The molecule has 5 rings (SSSR count). The van der Waals surface area contributed by atoms with E-state index in [1.165, 1.54) is 0 Å². The summed E-state index contributed by atoms with van der Waals surface area (Å²) in [6.07, 6.45) is 4.38. The highest BCUT2D eigenvalue weighted by atomic mass is 79.9. The minimum absolute atomic E-state index is 0.0348. The molecule has 4 nitrogen and oxygen atoms in total. The molecule has 3 saturated carbocycles. The van der Waals surface area contributed by atoms with E-state index in [2.05, 4.69) is 21.2 Å². The minimum atomic E-state index is -0.324. The van der Waals surface area contributed by atoms with Crippen LogP contribution in [0.2, 0.25) is 0 Å². The Hall–Kier alpha value is -2.14. The van der Waals surface area contributed by atoms with E-state index in [1.54, 1.807) is 0 Å². The van der Waals surface area contributed by atoms with Crippen LogP contribution in [0.1, 0.15) is 31.2 Å². The number of rotatable bonds is 5. The van der Waals surface area contributed by atoms with Crippen molar-refractivity contribution < 1.29 is 14.3 Å².